The largest absolute Gasteiger partial charge is 0.341 e. The fourth-order valence-corrected chi connectivity index (χ4v) is 3.51. The van der Waals surface area contributed by atoms with Crippen molar-refractivity contribution in [1.29, 1.82) is 0 Å². The van der Waals surface area contributed by atoms with Gasteiger partial charge in [-0.05, 0) is 37.0 Å². The molecule has 160 valence electrons. The highest BCUT2D eigenvalue weighted by molar-refractivity contribution is 5.82. The number of unbranched alkanes of at least 4 members (excludes halogenated alkanes) is 2. The summed E-state index contributed by atoms with van der Waals surface area (Å²) in [5.41, 5.74) is 2.86. The molecule has 0 unspecified atom stereocenters. The van der Waals surface area contributed by atoms with Gasteiger partial charge in [0.25, 0.3) is 0 Å². The maximum atomic E-state index is 13.5. The van der Waals surface area contributed by atoms with Crippen LogP contribution in [0.2, 0.25) is 0 Å². The molecule has 0 saturated carbocycles. The minimum atomic E-state index is -0.310. The van der Waals surface area contributed by atoms with Crippen LogP contribution in [0.15, 0.2) is 54.6 Å². The number of amides is 1. The predicted molar refractivity (Wildman–Crippen MR) is 121 cm³/mol. The van der Waals surface area contributed by atoms with Crippen LogP contribution in [0.1, 0.15) is 45.1 Å². The summed E-state index contributed by atoms with van der Waals surface area (Å²) in [4.78, 5) is 17.1. The van der Waals surface area contributed by atoms with Gasteiger partial charge in [0.15, 0.2) is 0 Å². The van der Waals surface area contributed by atoms with Gasteiger partial charge in [-0.25, -0.2) is 0 Å². The molecule has 0 saturated heterocycles. The normalized spacial score (nSPS) is 12.2. The van der Waals surface area contributed by atoms with Crippen molar-refractivity contribution >= 4 is 16.9 Å². The molecule has 30 heavy (non-hydrogen) atoms. The summed E-state index contributed by atoms with van der Waals surface area (Å²) in [6, 6.07) is 17.7. The van der Waals surface area contributed by atoms with E-state index in [1.165, 1.54) is 0 Å². The third kappa shape index (κ3) is 6.13. The van der Waals surface area contributed by atoms with E-state index in [-0.39, 0.29) is 11.9 Å². The number of hydrogen-bond donors (Lipinski definition) is 1. The third-order valence-corrected chi connectivity index (χ3v) is 5.26. The van der Waals surface area contributed by atoms with Gasteiger partial charge in [-0.1, -0.05) is 69.2 Å². The zero-order valence-corrected chi connectivity index (χ0v) is 18.1. The van der Waals surface area contributed by atoms with E-state index < -0.39 is 0 Å². The Bertz CT molecular complexity index is 867. The molecule has 0 radical (unpaired) electrons. The summed E-state index contributed by atoms with van der Waals surface area (Å²) < 4.78 is 0. The second-order valence-electron chi connectivity index (χ2n) is 7.70. The number of nitrogens with one attached hydrogen (secondary N) is 1. The topological polar surface area (TPSA) is 63.1 Å². The van der Waals surface area contributed by atoms with E-state index >= 15 is 0 Å². The van der Waals surface area contributed by atoms with Crippen molar-refractivity contribution in [1.82, 2.24) is 25.2 Å². The zero-order chi connectivity index (χ0) is 21.2. The molecule has 6 nitrogen and oxygen atoms in total. The maximum absolute atomic E-state index is 13.5. The van der Waals surface area contributed by atoms with Crippen LogP contribution >= 0.6 is 0 Å². The van der Waals surface area contributed by atoms with Crippen molar-refractivity contribution in [2.24, 2.45) is 0 Å². The van der Waals surface area contributed by atoms with Crippen LogP contribution in [0, 0.1) is 0 Å². The van der Waals surface area contributed by atoms with Gasteiger partial charge in [0.2, 0.25) is 5.91 Å². The van der Waals surface area contributed by atoms with Crippen LogP contribution in [-0.4, -0.2) is 44.9 Å². The number of benzene rings is 2. The predicted octanol–water partition coefficient (Wildman–Crippen LogP) is 4.02. The molecule has 2 aromatic carbocycles. The van der Waals surface area contributed by atoms with E-state index in [2.05, 4.69) is 41.5 Å². The SMILES string of the molecule is CCCCN(CCCC)C(=O)[C@H](Cc1ccccc1)NCn1nc2ccccc2n1. The number of fused-ring (bicyclic) bond motifs is 1. The van der Waals surface area contributed by atoms with Crippen LogP contribution in [0.25, 0.3) is 11.0 Å². The van der Waals surface area contributed by atoms with Crippen LogP contribution in [0.5, 0.6) is 0 Å². The highest BCUT2D eigenvalue weighted by Gasteiger charge is 2.24. The number of aromatic nitrogens is 3. The summed E-state index contributed by atoms with van der Waals surface area (Å²) >= 11 is 0. The first-order valence-corrected chi connectivity index (χ1v) is 11.1. The first-order valence-electron chi connectivity index (χ1n) is 11.1. The Labute approximate surface area is 179 Å². The molecule has 0 aliphatic rings. The van der Waals surface area contributed by atoms with E-state index in [0.717, 1.165) is 55.4 Å². The highest BCUT2D eigenvalue weighted by atomic mass is 16.2. The summed E-state index contributed by atoms with van der Waals surface area (Å²) in [7, 11) is 0. The molecule has 1 heterocycles. The summed E-state index contributed by atoms with van der Waals surface area (Å²) in [6.07, 6.45) is 4.86. The summed E-state index contributed by atoms with van der Waals surface area (Å²) in [5, 5.41) is 12.5. The molecule has 1 amide bonds. The Morgan fingerprint density at radius 2 is 1.50 bits per heavy atom. The van der Waals surface area contributed by atoms with Gasteiger partial charge >= 0.3 is 0 Å². The first-order chi connectivity index (χ1) is 14.7. The number of rotatable bonds is 12. The van der Waals surface area contributed by atoms with Crippen LogP contribution in [0.3, 0.4) is 0 Å². The second-order valence-corrected chi connectivity index (χ2v) is 7.70. The standard InChI is InChI=1S/C24H33N5O/c1-3-5-16-28(17-6-4-2)24(30)23(18-20-12-8-7-9-13-20)25-19-29-26-21-14-10-11-15-22(21)27-29/h7-15,23,25H,3-6,16-19H2,1-2H3/t23-/m0/s1. The van der Waals surface area contributed by atoms with Gasteiger partial charge in [0.1, 0.15) is 17.7 Å². The highest BCUT2D eigenvalue weighted by Crippen LogP contribution is 2.10. The van der Waals surface area contributed by atoms with Gasteiger partial charge < -0.3 is 4.90 Å². The zero-order valence-electron chi connectivity index (χ0n) is 18.1. The van der Waals surface area contributed by atoms with E-state index in [1.54, 1.807) is 4.80 Å². The number of hydrogen-bond acceptors (Lipinski definition) is 4. The smallest absolute Gasteiger partial charge is 0.240 e. The molecule has 0 bridgehead atoms. The molecule has 3 rings (SSSR count). The summed E-state index contributed by atoms with van der Waals surface area (Å²) in [6.45, 7) is 6.35. The van der Waals surface area contributed by atoms with Crippen molar-refractivity contribution < 1.29 is 4.79 Å². The lowest BCUT2D eigenvalue weighted by Gasteiger charge is -2.28. The Kier molecular flexibility index (Phi) is 8.39. The van der Waals surface area contributed by atoms with Gasteiger partial charge in [-0.15, -0.1) is 0 Å². The van der Waals surface area contributed by atoms with Crippen LogP contribution in [-0.2, 0) is 17.9 Å². The van der Waals surface area contributed by atoms with Crippen molar-refractivity contribution in [3.05, 3.63) is 60.2 Å². The van der Waals surface area contributed by atoms with Crippen LogP contribution < -0.4 is 5.32 Å². The molecule has 1 atom stereocenters. The van der Waals surface area contributed by atoms with Gasteiger partial charge in [-0.2, -0.15) is 15.0 Å². The Morgan fingerprint density at radius 1 is 0.933 bits per heavy atom. The molecule has 1 N–H and O–H groups in total. The van der Waals surface area contributed by atoms with E-state index in [9.17, 15) is 4.79 Å². The number of nitrogens with zero attached hydrogens (tertiary/aromatic N) is 4. The van der Waals surface area contributed by atoms with Gasteiger partial charge in [0.05, 0.1) is 6.04 Å². The maximum Gasteiger partial charge on any atom is 0.240 e. The third-order valence-electron chi connectivity index (χ3n) is 5.26. The molecule has 1 aromatic heterocycles. The van der Waals surface area contributed by atoms with Gasteiger partial charge in [-0.3, -0.25) is 10.1 Å². The molecule has 6 heteroatoms. The lowest BCUT2D eigenvalue weighted by atomic mass is 10.0. The minimum Gasteiger partial charge on any atom is -0.341 e. The average molecular weight is 408 g/mol. The monoisotopic (exact) mass is 407 g/mol. The fourth-order valence-electron chi connectivity index (χ4n) is 3.51. The molecular weight excluding hydrogens is 374 g/mol. The first kappa shape index (κ1) is 22.0. The summed E-state index contributed by atoms with van der Waals surface area (Å²) in [5.74, 6) is 0.164. The van der Waals surface area contributed by atoms with Crippen LogP contribution in [0.4, 0.5) is 0 Å². The quantitative estimate of drug-likeness (QED) is 0.493. The molecule has 0 spiro atoms. The Morgan fingerprint density at radius 3 is 2.07 bits per heavy atom. The van der Waals surface area contributed by atoms with Crippen molar-refractivity contribution in [3.8, 4) is 0 Å². The van der Waals surface area contributed by atoms with Crippen molar-refractivity contribution in [2.45, 2.75) is 58.7 Å². The molecule has 0 aliphatic carbocycles. The van der Waals surface area contributed by atoms with Crippen molar-refractivity contribution in [2.75, 3.05) is 13.1 Å². The average Bonchev–Trinajstić information content (AvgIpc) is 3.20. The Balaban J connectivity index is 1.74. The van der Waals surface area contributed by atoms with Crippen molar-refractivity contribution in [3.63, 3.8) is 0 Å². The van der Waals surface area contributed by atoms with E-state index in [4.69, 9.17) is 0 Å². The van der Waals surface area contributed by atoms with E-state index in [0.29, 0.717) is 13.1 Å². The molecule has 3 aromatic rings. The number of carbonyl (C=O) groups is 1. The molecule has 0 fully saturated rings. The number of carbonyl (C=O) groups excluding carboxylic acids is 1. The van der Waals surface area contributed by atoms with E-state index in [1.807, 2.05) is 47.4 Å². The minimum absolute atomic E-state index is 0.164. The molecular formula is C24H33N5O. The van der Waals surface area contributed by atoms with Gasteiger partial charge in [0, 0.05) is 13.1 Å². The lowest BCUT2D eigenvalue weighted by molar-refractivity contribution is -0.133. The molecule has 0 aliphatic heterocycles. The Hall–Kier alpha value is -2.73. The lowest BCUT2D eigenvalue weighted by Crippen LogP contribution is -2.49. The fraction of sp³-hybridized carbons (Fsp3) is 0.458. The second kappa shape index (κ2) is 11.5.